The zero-order chi connectivity index (χ0) is 18.7. The first-order chi connectivity index (χ1) is 12.0. The maximum Gasteiger partial charge on any atom is 0.291 e. The number of benzene rings is 1. The summed E-state index contributed by atoms with van der Waals surface area (Å²) in [4.78, 5) is 19.1. The van der Waals surface area contributed by atoms with Crippen LogP contribution in [-0.2, 0) is 4.74 Å². The van der Waals surface area contributed by atoms with E-state index in [9.17, 15) is 4.79 Å². The van der Waals surface area contributed by atoms with Gasteiger partial charge in [-0.3, -0.25) is 10.1 Å². The third-order valence-corrected chi connectivity index (χ3v) is 4.09. The van der Waals surface area contributed by atoms with E-state index in [2.05, 4.69) is 29.1 Å². The quantitative estimate of drug-likeness (QED) is 0.550. The van der Waals surface area contributed by atoms with E-state index in [0.29, 0.717) is 11.3 Å². The zero-order valence-corrected chi connectivity index (χ0v) is 16.0. The summed E-state index contributed by atoms with van der Waals surface area (Å²) in [5.41, 5.74) is 0.528. The van der Waals surface area contributed by atoms with Gasteiger partial charge in [-0.15, -0.1) is 0 Å². The number of amides is 1. The van der Waals surface area contributed by atoms with Crippen molar-refractivity contribution in [2.45, 2.75) is 39.7 Å². The van der Waals surface area contributed by atoms with E-state index >= 15 is 0 Å². The molecule has 0 saturated heterocycles. The second-order valence-electron chi connectivity index (χ2n) is 5.84. The molecule has 0 aliphatic rings. The Morgan fingerprint density at radius 3 is 2.36 bits per heavy atom. The number of nitrogens with one attached hydrogen (secondary N) is 1. The van der Waals surface area contributed by atoms with E-state index in [1.54, 1.807) is 31.4 Å². The molecule has 1 amide bonds. The molecule has 0 bridgehead atoms. The number of carbonyl (C=O) groups excluding carboxylic acids is 1. The molecule has 0 aliphatic heterocycles. The third-order valence-electron chi connectivity index (χ3n) is 4.09. The molecule has 6 nitrogen and oxygen atoms in total. The number of ether oxygens (including phenoxy) is 2. The van der Waals surface area contributed by atoms with Crippen molar-refractivity contribution in [3.05, 3.63) is 29.8 Å². The Morgan fingerprint density at radius 1 is 1.20 bits per heavy atom. The number of methoxy groups -OCH3 is 2. The Hall–Kier alpha value is -2.08. The first kappa shape index (κ1) is 21.0. The topological polar surface area (TPSA) is 63.2 Å². The molecule has 1 N–H and O–H groups in total. The van der Waals surface area contributed by atoms with E-state index < -0.39 is 0 Å². The summed E-state index contributed by atoms with van der Waals surface area (Å²) in [5, 5.41) is 2.71. The van der Waals surface area contributed by atoms with Crippen LogP contribution < -0.4 is 10.1 Å². The van der Waals surface area contributed by atoms with Crippen molar-refractivity contribution >= 4 is 11.9 Å². The highest BCUT2D eigenvalue weighted by molar-refractivity contribution is 6.04. The van der Waals surface area contributed by atoms with Crippen molar-refractivity contribution in [3.63, 3.8) is 0 Å². The normalized spacial score (nSPS) is 12.8. The molecule has 0 aliphatic carbocycles. The van der Waals surface area contributed by atoms with Crippen molar-refractivity contribution in [1.82, 2.24) is 10.2 Å². The predicted octanol–water partition coefficient (Wildman–Crippen LogP) is 2.94. The average molecular weight is 349 g/mol. The number of rotatable bonds is 9. The van der Waals surface area contributed by atoms with Gasteiger partial charge in [0.1, 0.15) is 5.75 Å². The molecule has 0 heterocycles. The van der Waals surface area contributed by atoms with Gasteiger partial charge in [0.25, 0.3) is 11.9 Å². The minimum absolute atomic E-state index is 0.0849. The standard InChI is InChI=1S/C19H31N3O3/c1-6-22(7-2)14-8-9-15(3)20-19(25-5)21-18(23)16-10-12-17(24-4)13-11-16/h10-13,15H,6-9,14H2,1-5H3,(H,20,21,23)/t15-/m1/s1. The van der Waals surface area contributed by atoms with Gasteiger partial charge in [-0.25, -0.2) is 4.99 Å². The van der Waals surface area contributed by atoms with Crippen LogP contribution in [0.1, 0.15) is 44.0 Å². The van der Waals surface area contributed by atoms with Crippen molar-refractivity contribution in [3.8, 4) is 5.75 Å². The summed E-state index contributed by atoms with van der Waals surface area (Å²) in [7, 11) is 3.10. The first-order valence-corrected chi connectivity index (χ1v) is 8.83. The minimum Gasteiger partial charge on any atom is -0.497 e. The van der Waals surface area contributed by atoms with Crippen LogP contribution in [-0.4, -0.2) is 56.7 Å². The molecule has 0 aromatic heterocycles. The molecule has 140 valence electrons. The van der Waals surface area contributed by atoms with Crippen LogP contribution in [0, 0.1) is 0 Å². The lowest BCUT2D eigenvalue weighted by Crippen LogP contribution is -2.32. The van der Waals surface area contributed by atoms with Crippen LogP contribution in [0.3, 0.4) is 0 Å². The lowest BCUT2D eigenvalue weighted by molar-refractivity contribution is 0.0968. The second-order valence-corrected chi connectivity index (χ2v) is 5.84. The highest BCUT2D eigenvalue weighted by Gasteiger charge is 2.11. The first-order valence-electron chi connectivity index (χ1n) is 8.83. The van der Waals surface area contributed by atoms with E-state index in [-0.39, 0.29) is 18.0 Å². The van der Waals surface area contributed by atoms with E-state index in [0.717, 1.165) is 32.5 Å². The Labute approximate surface area is 151 Å². The number of carbonyl (C=O) groups is 1. The molecule has 1 rings (SSSR count). The Kier molecular flexibility index (Phi) is 9.62. The van der Waals surface area contributed by atoms with Gasteiger partial charge in [0.05, 0.1) is 20.3 Å². The Balaban J connectivity index is 2.55. The average Bonchev–Trinajstić information content (AvgIpc) is 2.64. The van der Waals surface area contributed by atoms with Crippen LogP contribution >= 0.6 is 0 Å². The molecule has 0 saturated carbocycles. The highest BCUT2D eigenvalue weighted by Crippen LogP contribution is 2.11. The Morgan fingerprint density at radius 2 is 1.84 bits per heavy atom. The van der Waals surface area contributed by atoms with Gasteiger partial charge in [0, 0.05) is 5.56 Å². The van der Waals surface area contributed by atoms with E-state index in [4.69, 9.17) is 9.47 Å². The molecule has 0 radical (unpaired) electrons. The molecular weight excluding hydrogens is 318 g/mol. The summed E-state index contributed by atoms with van der Waals surface area (Å²) in [6, 6.07) is 7.23. The molecule has 0 fully saturated rings. The van der Waals surface area contributed by atoms with Crippen LogP contribution in [0.4, 0.5) is 0 Å². The van der Waals surface area contributed by atoms with Crippen molar-refractivity contribution in [2.24, 2.45) is 4.99 Å². The fourth-order valence-electron chi connectivity index (χ4n) is 2.46. The summed E-state index contributed by atoms with van der Waals surface area (Å²) in [6.45, 7) is 9.56. The molecule has 6 heteroatoms. The van der Waals surface area contributed by atoms with E-state index in [1.807, 2.05) is 6.92 Å². The molecule has 1 aromatic carbocycles. The number of nitrogens with zero attached hydrogens (tertiary/aromatic N) is 2. The number of hydrogen-bond donors (Lipinski definition) is 1. The summed E-state index contributed by atoms with van der Waals surface area (Å²) in [5.74, 6) is 0.456. The van der Waals surface area contributed by atoms with Crippen molar-refractivity contribution in [2.75, 3.05) is 33.9 Å². The SMILES string of the molecule is CCN(CC)CCC[C@@H](C)N=C(NC(=O)c1ccc(OC)cc1)OC. The maximum atomic E-state index is 12.3. The third kappa shape index (κ3) is 7.56. The van der Waals surface area contributed by atoms with Crippen molar-refractivity contribution < 1.29 is 14.3 Å². The monoisotopic (exact) mass is 349 g/mol. The summed E-state index contributed by atoms with van der Waals surface area (Å²) >= 11 is 0. The van der Waals surface area contributed by atoms with Gasteiger partial charge < -0.3 is 14.4 Å². The zero-order valence-electron chi connectivity index (χ0n) is 16.0. The van der Waals surface area contributed by atoms with Crippen LogP contribution in [0.15, 0.2) is 29.3 Å². The number of aliphatic imine (C=N–C) groups is 1. The molecule has 25 heavy (non-hydrogen) atoms. The van der Waals surface area contributed by atoms with Crippen molar-refractivity contribution in [1.29, 1.82) is 0 Å². The minimum atomic E-state index is -0.251. The molecule has 1 atom stereocenters. The number of amidine groups is 1. The lowest BCUT2D eigenvalue weighted by atomic mass is 10.2. The fourth-order valence-corrected chi connectivity index (χ4v) is 2.46. The number of hydrogen-bond acceptors (Lipinski definition) is 5. The van der Waals surface area contributed by atoms with Gasteiger partial charge >= 0.3 is 0 Å². The van der Waals surface area contributed by atoms with Gasteiger partial charge in [0.15, 0.2) is 0 Å². The maximum absolute atomic E-state index is 12.3. The lowest BCUT2D eigenvalue weighted by Gasteiger charge is -2.18. The molecule has 0 unspecified atom stereocenters. The predicted molar refractivity (Wildman–Crippen MR) is 101 cm³/mol. The van der Waals surface area contributed by atoms with Crippen LogP contribution in [0.2, 0.25) is 0 Å². The second kappa shape index (κ2) is 11.5. The largest absolute Gasteiger partial charge is 0.497 e. The summed E-state index contributed by atoms with van der Waals surface area (Å²) < 4.78 is 10.3. The van der Waals surface area contributed by atoms with Gasteiger partial charge in [-0.2, -0.15) is 0 Å². The van der Waals surface area contributed by atoms with Gasteiger partial charge in [-0.05, 0) is 63.7 Å². The van der Waals surface area contributed by atoms with Gasteiger partial charge in [-0.1, -0.05) is 13.8 Å². The summed E-state index contributed by atoms with van der Waals surface area (Å²) in [6.07, 6.45) is 2.01. The fraction of sp³-hybridized carbons (Fsp3) is 0.579. The molecular formula is C19H31N3O3. The van der Waals surface area contributed by atoms with Gasteiger partial charge in [0.2, 0.25) is 0 Å². The molecule has 1 aromatic rings. The van der Waals surface area contributed by atoms with E-state index in [1.165, 1.54) is 7.11 Å². The van der Waals surface area contributed by atoms with Crippen LogP contribution in [0.5, 0.6) is 5.75 Å². The smallest absolute Gasteiger partial charge is 0.291 e. The Bertz CT molecular complexity index is 539. The molecule has 0 spiro atoms. The van der Waals surface area contributed by atoms with Crippen LogP contribution in [0.25, 0.3) is 0 Å². The highest BCUT2D eigenvalue weighted by atomic mass is 16.5.